The lowest BCUT2D eigenvalue weighted by Crippen LogP contribution is -2.66. The van der Waals surface area contributed by atoms with Crippen molar-refractivity contribution in [2.75, 3.05) is 32.8 Å². The Morgan fingerprint density at radius 1 is 1.34 bits per heavy atom. The molecule has 4 heterocycles. The molecule has 4 rings (SSSR count). The number of rotatable bonds is 10. The van der Waals surface area contributed by atoms with E-state index < -0.39 is 24.0 Å². The summed E-state index contributed by atoms with van der Waals surface area (Å²) in [6.45, 7) is 4.84. The molecule has 0 aromatic carbocycles. The van der Waals surface area contributed by atoms with Crippen molar-refractivity contribution in [3.63, 3.8) is 0 Å². The van der Waals surface area contributed by atoms with E-state index in [2.05, 4.69) is 21.1 Å². The highest BCUT2D eigenvalue weighted by Crippen LogP contribution is 2.51. The molecule has 3 unspecified atom stereocenters. The number of aliphatic carboxylic acids is 1. The van der Waals surface area contributed by atoms with Crippen molar-refractivity contribution in [2.45, 2.75) is 49.7 Å². The van der Waals surface area contributed by atoms with E-state index in [4.69, 9.17) is 11.6 Å². The van der Waals surface area contributed by atoms with Gasteiger partial charge in [0.15, 0.2) is 0 Å². The molecule has 3 saturated heterocycles. The number of carbonyl (C=O) groups excluding carboxylic acids is 3. The Kier molecular flexibility index (Phi) is 8.49. The van der Waals surface area contributed by atoms with Crippen LogP contribution in [0.15, 0.2) is 15.7 Å². The number of carboxylic acids is 1. The minimum Gasteiger partial charge on any atom is -0.477 e. The number of thioether (sulfide) groups is 1. The van der Waals surface area contributed by atoms with Gasteiger partial charge in [-0.1, -0.05) is 6.92 Å². The van der Waals surface area contributed by atoms with Gasteiger partial charge >= 0.3 is 5.97 Å². The van der Waals surface area contributed by atoms with Crippen molar-refractivity contribution in [1.82, 2.24) is 25.8 Å². The van der Waals surface area contributed by atoms with Crippen LogP contribution in [0, 0.1) is 17.8 Å². The molecule has 4 aliphatic heterocycles. The molecule has 3 amide bonds. The SMILES string of the molecule is C[C@H]1C(S[C@@H]2CN[C@H](C(=O)N3CC(N)C(CO)C3)C2)=C(C(=O)O)N2C(=O)[C@H]([C@@H](C)NC(=O)CN/C=N\N)C12. The van der Waals surface area contributed by atoms with Gasteiger partial charge in [0.05, 0.1) is 24.5 Å². The summed E-state index contributed by atoms with van der Waals surface area (Å²) in [7, 11) is 0. The summed E-state index contributed by atoms with van der Waals surface area (Å²) in [5.41, 5.74) is 6.02. The first-order valence-corrected chi connectivity index (χ1v) is 13.6. The highest BCUT2D eigenvalue weighted by Gasteiger charge is 2.60. The van der Waals surface area contributed by atoms with Crippen LogP contribution in [0.5, 0.6) is 0 Å². The Morgan fingerprint density at radius 3 is 2.71 bits per heavy atom. The van der Waals surface area contributed by atoms with Crippen LogP contribution in [-0.4, -0.2) is 112 Å². The third-order valence-corrected chi connectivity index (χ3v) is 9.38. The van der Waals surface area contributed by atoms with Crippen molar-refractivity contribution >= 4 is 41.8 Å². The lowest BCUT2D eigenvalue weighted by molar-refractivity contribution is -0.158. The third-order valence-electron chi connectivity index (χ3n) is 7.87. The Bertz CT molecular complexity index is 1040. The molecule has 15 heteroatoms. The van der Waals surface area contributed by atoms with Crippen LogP contribution in [-0.2, 0) is 19.2 Å². The first-order chi connectivity index (χ1) is 18.1. The molecule has 0 aromatic rings. The Labute approximate surface area is 224 Å². The van der Waals surface area contributed by atoms with E-state index in [-0.39, 0.29) is 65.7 Å². The predicted octanol–water partition coefficient (Wildman–Crippen LogP) is -3.00. The first-order valence-electron chi connectivity index (χ1n) is 12.7. The highest BCUT2D eigenvalue weighted by atomic mass is 32.2. The number of carboxylic acid groups (broad SMARTS) is 1. The quantitative estimate of drug-likeness (QED) is 0.0476. The van der Waals surface area contributed by atoms with Crippen LogP contribution in [0.25, 0.3) is 0 Å². The van der Waals surface area contributed by atoms with Crippen LogP contribution < -0.4 is 27.5 Å². The van der Waals surface area contributed by atoms with Gasteiger partial charge in [0.25, 0.3) is 0 Å². The van der Waals surface area contributed by atoms with Gasteiger partial charge in [-0.2, -0.15) is 5.10 Å². The fraction of sp³-hybridized carbons (Fsp3) is 0.696. The molecular formula is C23H36N8O6S. The number of aliphatic hydroxyl groups is 1. The fourth-order valence-corrected chi connectivity index (χ4v) is 7.41. The standard InChI is InChI=1S/C23H36N8O6S/c1-10-18-17(11(2)29-16(33)5-26-9-28-25)22(35)31(18)19(23(36)37)20(10)38-13-3-15(27-4-13)21(34)30-6-12(8-32)14(24)7-30/h9-15,17-18,27,32H,3-8,24-25H2,1-2H3,(H,26,28)(H,29,33)(H,36,37)/t10-,11-,12?,13+,14?,15+,17-,18?/m1/s1. The summed E-state index contributed by atoms with van der Waals surface area (Å²) in [6, 6.07) is -1.55. The van der Waals surface area contributed by atoms with Gasteiger partial charge in [-0.05, 0) is 13.3 Å². The summed E-state index contributed by atoms with van der Waals surface area (Å²) in [6.07, 6.45) is 1.70. The smallest absolute Gasteiger partial charge is 0.353 e. The van der Waals surface area contributed by atoms with Crippen LogP contribution in [0.4, 0.5) is 0 Å². The maximum Gasteiger partial charge on any atom is 0.353 e. The van der Waals surface area contributed by atoms with Gasteiger partial charge in [-0.25, -0.2) is 4.79 Å². The van der Waals surface area contributed by atoms with Crippen molar-refractivity contribution in [3.05, 3.63) is 10.6 Å². The minimum atomic E-state index is -1.17. The average Bonchev–Trinajstić information content (AvgIpc) is 3.55. The molecular weight excluding hydrogens is 516 g/mol. The number of nitrogens with one attached hydrogen (secondary N) is 3. The summed E-state index contributed by atoms with van der Waals surface area (Å²) in [5.74, 6) is 2.15. The molecule has 0 bridgehead atoms. The van der Waals surface area contributed by atoms with E-state index in [9.17, 15) is 29.4 Å². The molecule has 3 fully saturated rings. The van der Waals surface area contributed by atoms with E-state index >= 15 is 0 Å². The summed E-state index contributed by atoms with van der Waals surface area (Å²) >= 11 is 1.40. The van der Waals surface area contributed by atoms with E-state index in [1.165, 1.54) is 23.0 Å². The monoisotopic (exact) mass is 552 g/mol. The lowest BCUT2D eigenvalue weighted by Gasteiger charge is -2.47. The van der Waals surface area contributed by atoms with E-state index in [1.54, 1.807) is 11.8 Å². The molecule has 0 radical (unpaired) electrons. The molecule has 0 spiro atoms. The van der Waals surface area contributed by atoms with Crippen molar-refractivity contribution in [1.29, 1.82) is 0 Å². The normalized spacial score (nSPS) is 33.5. The average molecular weight is 553 g/mol. The number of aliphatic hydroxyl groups excluding tert-OH is 1. The number of hydrogen-bond acceptors (Lipinski definition) is 10. The zero-order chi connectivity index (χ0) is 27.7. The van der Waals surface area contributed by atoms with Crippen LogP contribution in [0.3, 0.4) is 0 Å². The van der Waals surface area contributed by atoms with E-state index in [0.717, 1.165) is 0 Å². The molecule has 8 atom stereocenters. The number of hydrogen-bond donors (Lipinski definition) is 7. The van der Waals surface area contributed by atoms with Gasteiger partial charge in [0, 0.05) is 60.3 Å². The summed E-state index contributed by atoms with van der Waals surface area (Å²) in [5, 5.41) is 31.3. The number of carbonyl (C=O) groups is 4. The van der Waals surface area contributed by atoms with E-state index in [0.29, 0.717) is 31.0 Å². The van der Waals surface area contributed by atoms with Crippen LogP contribution in [0.1, 0.15) is 20.3 Å². The Morgan fingerprint density at radius 2 is 2.08 bits per heavy atom. The van der Waals surface area contributed by atoms with Gasteiger partial charge in [-0.3, -0.25) is 14.4 Å². The zero-order valence-corrected chi connectivity index (χ0v) is 22.2. The number of fused-ring (bicyclic) bond motifs is 1. The largest absolute Gasteiger partial charge is 0.477 e. The molecule has 14 nitrogen and oxygen atoms in total. The summed E-state index contributed by atoms with van der Waals surface area (Å²) in [4.78, 5) is 54.1. The van der Waals surface area contributed by atoms with Crippen molar-refractivity contribution in [3.8, 4) is 0 Å². The van der Waals surface area contributed by atoms with E-state index in [1.807, 2.05) is 6.92 Å². The number of amides is 3. The van der Waals surface area contributed by atoms with Gasteiger partial charge in [0.1, 0.15) is 12.0 Å². The molecule has 0 aliphatic carbocycles. The maximum atomic E-state index is 13.1. The second-order valence-electron chi connectivity index (χ2n) is 10.3. The number of β-lactam (4-membered cyclic amide) rings is 1. The van der Waals surface area contributed by atoms with Crippen molar-refractivity contribution in [2.24, 2.45) is 34.4 Å². The lowest BCUT2D eigenvalue weighted by atomic mass is 9.78. The molecule has 4 aliphatic rings. The van der Waals surface area contributed by atoms with Gasteiger partial charge in [-0.15, -0.1) is 11.8 Å². The topological polar surface area (TPSA) is 216 Å². The second-order valence-corrected chi connectivity index (χ2v) is 11.7. The fourth-order valence-electron chi connectivity index (χ4n) is 5.93. The van der Waals surface area contributed by atoms with Gasteiger partial charge < -0.3 is 47.5 Å². The van der Waals surface area contributed by atoms with Crippen molar-refractivity contribution < 1.29 is 29.4 Å². The number of nitrogens with zero attached hydrogens (tertiary/aromatic N) is 3. The molecule has 38 heavy (non-hydrogen) atoms. The maximum absolute atomic E-state index is 13.1. The van der Waals surface area contributed by atoms with Crippen LogP contribution in [0.2, 0.25) is 0 Å². The number of hydrazone groups is 1. The number of likely N-dealkylation sites (tertiary alicyclic amines) is 1. The molecule has 0 saturated carbocycles. The molecule has 9 N–H and O–H groups in total. The second kappa shape index (κ2) is 11.5. The predicted molar refractivity (Wildman–Crippen MR) is 139 cm³/mol. The Balaban J connectivity index is 1.39. The molecule has 210 valence electrons. The van der Waals surface area contributed by atoms with Gasteiger partial charge in [0.2, 0.25) is 17.7 Å². The zero-order valence-electron chi connectivity index (χ0n) is 21.4. The molecule has 0 aromatic heterocycles. The first kappa shape index (κ1) is 28.1. The third kappa shape index (κ3) is 5.19. The minimum absolute atomic E-state index is 0.0146. The summed E-state index contributed by atoms with van der Waals surface area (Å²) < 4.78 is 0. The Hall–Kier alpha value is -2.88. The van der Waals surface area contributed by atoms with Crippen LogP contribution >= 0.6 is 11.8 Å². The number of nitrogens with two attached hydrogens (primary N) is 2. The highest BCUT2D eigenvalue weighted by molar-refractivity contribution is 8.03.